The van der Waals surface area contributed by atoms with Gasteiger partial charge in [0.2, 0.25) is 5.36 Å². The van der Waals surface area contributed by atoms with E-state index in [1.54, 1.807) is 0 Å². The highest BCUT2D eigenvalue weighted by molar-refractivity contribution is 6.51. The molecule has 1 aliphatic carbocycles. The standard InChI is InChI=1S/C28H32N2O4/c1-15(2)29-7-5-17-9-21(19(13-31)11-23(17)29)25-27(33)26(28(25)34)22-10-18-6-8-30(16(3)4)24(18)12-20(22)14-32/h9-12,15-16,31-32H,5-8,13-14H2,1-4H3. The molecule has 6 heteroatoms. The number of ketones is 1. The Kier molecular flexibility index (Phi) is 5.61. The third-order valence-electron chi connectivity index (χ3n) is 7.51. The number of rotatable bonds is 5. The van der Waals surface area contributed by atoms with Gasteiger partial charge >= 0.3 is 0 Å². The molecule has 178 valence electrons. The van der Waals surface area contributed by atoms with Gasteiger partial charge in [0.05, 0.1) is 13.2 Å². The summed E-state index contributed by atoms with van der Waals surface area (Å²) in [5.74, 6) is -0.599. The van der Waals surface area contributed by atoms with Crippen LogP contribution in [0.1, 0.15) is 55.5 Å². The maximum atomic E-state index is 13.4. The molecule has 0 fully saturated rings. The number of fused-ring (bicyclic) bond motifs is 2. The molecule has 0 bridgehead atoms. The highest BCUT2D eigenvalue weighted by Gasteiger charge is 2.33. The van der Waals surface area contributed by atoms with Gasteiger partial charge in [-0.15, -0.1) is 0 Å². The Morgan fingerprint density at radius 1 is 0.971 bits per heavy atom. The monoisotopic (exact) mass is 460 g/mol. The van der Waals surface area contributed by atoms with E-state index in [9.17, 15) is 20.1 Å². The highest BCUT2D eigenvalue weighted by Crippen LogP contribution is 2.40. The molecule has 0 saturated heterocycles. The number of carbonyl (C=O) groups excluding carboxylic acids is 1. The van der Waals surface area contributed by atoms with Crippen molar-refractivity contribution in [3.8, 4) is 0 Å². The second kappa shape index (κ2) is 8.36. The normalized spacial score (nSPS) is 18.9. The molecule has 0 aromatic heterocycles. The summed E-state index contributed by atoms with van der Waals surface area (Å²) in [6, 6.07) is 8.36. The number of aliphatic hydroxyl groups excluding tert-OH is 2. The lowest BCUT2D eigenvalue weighted by atomic mass is 9.79. The number of hydrogen-bond donors (Lipinski definition) is 2. The van der Waals surface area contributed by atoms with E-state index < -0.39 is 0 Å². The minimum Gasteiger partial charge on any atom is -0.871 e. The molecule has 6 nitrogen and oxygen atoms in total. The second-order valence-corrected chi connectivity index (χ2v) is 10.1. The first-order chi connectivity index (χ1) is 16.3. The van der Waals surface area contributed by atoms with Crippen LogP contribution in [0.25, 0.3) is 11.1 Å². The van der Waals surface area contributed by atoms with Gasteiger partial charge in [-0.3, -0.25) is 4.79 Å². The fourth-order valence-electron chi connectivity index (χ4n) is 5.69. The van der Waals surface area contributed by atoms with Gasteiger partial charge in [0.25, 0.3) is 0 Å². The molecule has 0 radical (unpaired) electrons. The van der Waals surface area contributed by atoms with Crippen molar-refractivity contribution in [2.75, 3.05) is 18.0 Å². The molecular formula is C28H32N2O4. The molecule has 0 unspecified atom stereocenters. The maximum absolute atomic E-state index is 13.4. The molecule has 3 aliphatic rings. The van der Waals surface area contributed by atoms with E-state index in [1.165, 1.54) is 0 Å². The highest BCUT2D eigenvalue weighted by atomic mass is 16.3. The molecular weight excluding hydrogens is 428 g/mol. The molecule has 2 N–H and O–H groups in total. The number of nitrogens with zero attached hydrogens (tertiary/aromatic N) is 2. The van der Waals surface area contributed by atoms with Crippen LogP contribution >= 0.6 is 0 Å². The van der Waals surface area contributed by atoms with Gasteiger partial charge in [-0.25, -0.2) is 4.58 Å². The van der Waals surface area contributed by atoms with Gasteiger partial charge in [0, 0.05) is 47.5 Å². The van der Waals surface area contributed by atoms with Gasteiger partial charge in [-0.2, -0.15) is 0 Å². The Balaban J connectivity index is 1.67. The summed E-state index contributed by atoms with van der Waals surface area (Å²) >= 11 is 0. The van der Waals surface area contributed by atoms with Crippen LogP contribution in [-0.4, -0.2) is 41.2 Å². The van der Waals surface area contributed by atoms with E-state index in [2.05, 4.69) is 37.2 Å². The topological polar surface area (TPSA) is 86.8 Å². The Hall–Kier alpha value is -2.96. The van der Waals surface area contributed by atoms with Crippen molar-refractivity contribution in [1.82, 2.24) is 4.58 Å². The second-order valence-electron chi connectivity index (χ2n) is 10.1. The lowest BCUT2D eigenvalue weighted by Crippen LogP contribution is -2.37. The molecule has 2 aromatic carbocycles. The summed E-state index contributed by atoms with van der Waals surface area (Å²) in [6.07, 6.45) is 1.70. The zero-order chi connectivity index (χ0) is 24.3. The Morgan fingerprint density at radius 2 is 1.71 bits per heavy atom. The first-order valence-corrected chi connectivity index (χ1v) is 12.2. The number of benzene rings is 2. The van der Waals surface area contributed by atoms with Gasteiger partial charge in [-0.1, -0.05) is 5.76 Å². The van der Waals surface area contributed by atoms with Crippen LogP contribution in [0.15, 0.2) is 30.0 Å². The van der Waals surface area contributed by atoms with Crippen LogP contribution in [0.3, 0.4) is 0 Å². The number of allylic oxidation sites excluding steroid dienone is 2. The van der Waals surface area contributed by atoms with E-state index in [1.807, 2.05) is 24.3 Å². The molecule has 2 aromatic rings. The molecule has 2 heterocycles. The fourth-order valence-corrected chi connectivity index (χ4v) is 5.69. The number of aliphatic hydroxyl groups is 2. The third-order valence-corrected chi connectivity index (χ3v) is 7.51. The lowest BCUT2D eigenvalue weighted by Gasteiger charge is -2.33. The predicted molar refractivity (Wildman–Crippen MR) is 130 cm³/mol. The molecule has 0 saturated carbocycles. The zero-order valence-electron chi connectivity index (χ0n) is 20.3. The van der Waals surface area contributed by atoms with Gasteiger partial charge in [-0.05, 0) is 79.8 Å². The van der Waals surface area contributed by atoms with Crippen LogP contribution in [-0.2, 0) is 30.8 Å². The van der Waals surface area contributed by atoms with E-state index >= 15 is 0 Å². The van der Waals surface area contributed by atoms with Crippen LogP contribution in [0, 0.1) is 0 Å². The van der Waals surface area contributed by atoms with Gasteiger partial charge in [0.15, 0.2) is 5.78 Å². The average Bonchev–Trinajstić information content (AvgIpc) is 3.41. The summed E-state index contributed by atoms with van der Waals surface area (Å²) in [6.45, 7) is 9.83. The SMILES string of the molecule is CC(C)N1CCc2cc(C3=C([O-])/C(=c4/cc5c(cc4CO)=[N+](C(C)C)CC5)C3=O)c(CO)cc21. The number of hydrogen-bond acceptors (Lipinski definition) is 5. The van der Waals surface area contributed by atoms with Crippen molar-refractivity contribution < 1.29 is 20.1 Å². The third kappa shape index (κ3) is 3.31. The summed E-state index contributed by atoms with van der Waals surface area (Å²) in [5, 5.41) is 35.1. The Labute approximate surface area is 199 Å². The number of carbonyl (C=O) groups is 1. The summed E-state index contributed by atoms with van der Waals surface area (Å²) < 4.78 is 2.28. The van der Waals surface area contributed by atoms with Crippen LogP contribution in [0.2, 0.25) is 0 Å². The predicted octanol–water partition coefficient (Wildman–Crippen LogP) is 0.403. The van der Waals surface area contributed by atoms with Gasteiger partial charge in [0.1, 0.15) is 12.6 Å². The largest absolute Gasteiger partial charge is 0.871 e. The summed E-state index contributed by atoms with van der Waals surface area (Å²) in [5.41, 5.74) is 5.33. The molecule has 0 spiro atoms. The van der Waals surface area contributed by atoms with Crippen LogP contribution < -0.4 is 25.2 Å². The van der Waals surface area contributed by atoms with E-state index in [0.29, 0.717) is 34.0 Å². The van der Waals surface area contributed by atoms with E-state index in [0.717, 1.165) is 48.1 Å². The van der Waals surface area contributed by atoms with Crippen molar-refractivity contribution in [2.24, 2.45) is 0 Å². The van der Waals surface area contributed by atoms with Gasteiger partial charge < -0.3 is 20.2 Å². The lowest BCUT2D eigenvalue weighted by molar-refractivity contribution is -0.292. The van der Waals surface area contributed by atoms with E-state index in [4.69, 9.17) is 0 Å². The molecule has 2 aliphatic heterocycles. The van der Waals surface area contributed by atoms with Crippen LogP contribution in [0.4, 0.5) is 5.69 Å². The Bertz CT molecular complexity index is 1370. The molecule has 5 rings (SSSR count). The first-order valence-electron chi connectivity index (χ1n) is 12.2. The van der Waals surface area contributed by atoms with E-state index in [-0.39, 0.29) is 35.9 Å². The summed E-state index contributed by atoms with van der Waals surface area (Å²) in [4.78, 5) is 15.7. The van der Waals surface area contributed by atoms with Crippen LogP contribution in [0.5, 0.6) is 0 Å². The molecule has 0 atom stereocenters. The Morgan fingerprint density at radius 3 is 2.32 bits per heavy atom. The first kappa shape index (κ1) is 22.8. The van der Waals surface area contributed by atoms with Crippen molar-refractivity contribution in [1.29, 1.82) is 0 Å². The maximum Gasteiger partial charge on any atom is 0.203 e. The number of anilines is 1. The quantitative estimate of drug-likeness (QED) is 0.631. The van der Waals surface area contributed by atoms with Crippen molar-refractivity contribution in [3.63, 3.8) is 0 Å². The minimum atomic E-state index is -0.299. The smallest absolute Gasteiger partial charge is 0.203 e. The fraction of sp³-hybridized carbons (Fsp3) is 0.429. The molecule has 0 amide bonds. The number of Topliss-reactive ketones (excluding diaryl/α,β-unsaturated/α-hetero) is 1. The van der Waals surface area contributed by atoms with Crippen molar-refractivity contribution in [2.45, 2.75) is 65.8 Å². The van der Waals surface area contributed by atoms with Crippen molar-refractivity contribution in [3.05, 3.63) is 68.4 Å². The average molecular weight is 461 g/mol. The molecule has 34 heavy (non-hydrogen) atoms. The minimum absolute atomic E-state index is 0.151. The summed E-state index contributed by atoms with van der Waals surface area (Å²) in [7, 11) is 0. The van der Waals surface area contributed by atoms with Crippen molar-refractivity contribution >= 4 is 22.6 Å². The zero-order valence-corrected chi connectivity index (χ0v) is 20.3.